The molecule has 0 amide bonds. The zero-order chi connectivity index (χ0) is 11.1. The molecule has 0 atom stereocenters. The minimum atomic E-state index is -0.568. The molecule has 0 aliphatic heterocycles. The number of aryl methyl sites for hydroxylation is 2. The van der Waals surface area contributed by atoms with Gasteiger partial charge < -0.3 is 5.73 Å². The predicted octanol–water partition coefficient (Wildman–Crippen LogP) is 2.37. The molecule has 0 bridgehead atoms. The molecule has 2 N–H and O–H groups in total. The van der Waals surface area contributed by atoms with Crippen molar-refractivity contribution in [1.29, 1.82) is 0 Å². The van der Waals surface area contributed by atoms with Crippen LogP contribution in [-0.2, 0) is 0 Å². The van der Waals surface area contributed by atoms with Crippen molar-refractivity contribution in [3.05, 3.63) is 34.9 Å². The largest absolute Gasteiger partial charge is 0.319 e. The van der Waals surface area contributed by atoms with Crippen molar-refractivity contribution in [1.82, 2.24) is 0 Å². The lowest BCUT2D eigenvalue weighted by Crippen LogP contribution is -2.53. The monoisotopic (exact) mass is 203 g/mol. The quantitative estimate of drug-likeness (QED) is 0.750. The lowest BCUT2D eigenvalue weighted by Gasteiger charge is -2.36. The molecule has 0 spiro atoms. The number of nitrogens with two attached hydrogens (primary N) is 1. The first-order chi connectivity index (χ1) is 7.03. The van der Waals surface area contributed by atoms with Gasteiger partial charge in [0.05, 0.1) is 5.54 Å². The molecule has 1 aromatic rings. The van der Waals surface area contributed by atoms with Gasteiger partial charge in [-0.3, -0.25) is 4.79 Å². The molecule has 1 aliphatic rings. The standard InChI is InChI=1S/C13H17NO/c1-9-4-5-11(8-10(9)2)12(15)13(14)6-3-7-13/h4-5,8H,3,6-7,14H2,1-2H3. The van der Waals surface area contributed by atoms with Crippen molar-refractivity contribution in [2.24, 2.45) is 5.73 Å². The lowest BCUT2D eigenvalue weighted by atomic mass is 9.72. The minimum Gasteiger partial charge on any atom is -0.319 e. The normalized spacial score (nSPS) is 18.3. The summed E-state index contributed by atoms with van der Waals surface area (Å²) in [5.74, 6) is 0.108. The van der Waals surface area contributed by atoms with Gasteiger partial charge in [0.1, 0.15) is 0 Å². The zero-order valence-corrected chi connectivity index (χ0v) is 9.34. The number of rotatable bonds is 2. The number of benzene rings is 1. The van der Waals surface area contributed by atoms with E-state index in [9.17, 15) is 4.79 Å². The molecular formula is C13H17NO. The van der Waals surface area contributed by atoms with Crippen LogP contribution in [0, 0.1) is 13.8 Å². The summed E-state index contributed by atoms with van der Waals surface area (Å²) in [6.07, 6.45) is 2.74. The first kappa shape index (κ1) is 10.4. The third-order valence-corrected chi connectivity index (χ3v) is 3.47. The van der Waals surface area contributed by atoms with E-state index in [0.29, 0.717) is 0 Å². The molecule has 1 fully saturated rings. The van der Waals surface area contributed by atoms with E-state index in [1.54, 1.807) is 0 Å². The Morgan fingerprint density at radius 1 is 1.27 bits per heavy atom. The average Bonchev–Trinajstić information content (AvgIpc) is 2.17. The molecule has 0 unspecified atom stereocenters. The number of Topliss-reactive ketones (excluding diaryl/α,β-unsaturated/α-hetero) is 1. The first-order valence-corrected chi connectivity index (χ1v) is 5.44. The van der Waals surface area contributed by atoms with Gasteiger partial charge in [-0.15, -0.1) is 0 Å². The van der Waals surface area contributed by atoms with Crippen molar-refractivity contribution in [2.75, 3.05) is 0 Å². The highest BCUT2D eigenvalue weighted by molar-refractivity contribution is 6.03. The van der Waals surface area contributed by atoms with Crippen LogP contribution >= 0.6 is 0 Å². The van der Waals surface area contributed by atoms with Crippen LogP contribution in [0.5, 0.6) is 0 Å². The summed E-state index contributed by atoms with van der Waals surface area (Å²) in [6.45, 7) is 4.07. The molecule has 1 aliphatic carbocycles. The molecule has 2 heteroatoms. The highest BCUT2D eigenvalue weighted by Crippen LogP contribution is 2.32. The van der Waals surface area contributed by atoms with Gasteiger partial charge >= 0.3 is 0 Å². The summed E-state index contributed by atoms with van der Waals surface area (Å²) in [4.78, 5) is 12.1. The van der Waals surface area contributed by atoms with E-state index in [1.807, 2.05) is 32.0 Å². The van der Waals surface area contributed by atoms with Gasteiger partial charge in [-0.2, -0.15) is 0 Å². The summed E-state index contributed by atoms with van der Waals surface area (Å²) in [5, 5.41) is 0. The molecule has 0 saturated heterocycles. The molecular weight excluding hydrogens is 186 g/mol. The van der Waals surface area contributed by atoms with Crippen LogP contribution in [0.2, 0.25) is 0 Å². The third-order valence-electron chi connectivity index (χ3n) is 3.47. The minimum absolute atomic E-state index is 0.108. The van der Waals surface area contributed by atoms with Crippen molar-refractivity contribution in [3.8, 4) is 0 Å². The fourth-order valence-electron chi connectivity index (χ4n) is 1.95. The number of hydrogen-bond donors (Lipinski definition) is 1. The molecule has 80 valence electrons. The zero-order valence-electron chi connectivity index (χ0n) is 9.34. The van der Waals surface area contributed by atoms with Crippen LogP contribution in [-0.4, -0.2) is 11.3 Å². The van der Waals surface area contributed by atoms with Crippen molar-refractivity contribution < 1.29 is 4.79 Å². The number of carbonyl (C=O) groups is 1. The van der Waals surface area contributed by atoms with Crippen LogP contribution in [0.25, 0.3) is 0 Å². The van der Waals surface area contributed by atoms with Crippen molar-refractivity contribution in [3.63, 3.8) is 0 Å². The Bertz CT molecular complexity index is 405. The molecule has 0 heterocycles. The van der Waals surface area contributed by atoms with Gasteiger partial charge in [0.2, 0.25) is 0 Å². The summed E-state index contributed by atoms with van der Waals surface area (Å²) in [6, 6.07) is 5.83. The maximum Gasteiger partial charge on any atom is 0.182 e. The Labute approximate surface area is 90.5 Å². The lowest BCUT2D eigenvalue weighted by molar-refractivity contribution is 0.0800. The maximum absolute atomic E-state index is 12.1. The second-order valence-electron chi connectivity index (χ2n) is 4.64. The van der Waals surface area contributed by atoms with Gasteiger partial charge in [-0.05, 0) is 50.3 Å². The van der Waals surface area contributed by atoms with Crippen LogP contribution in [0.3, 0.4) is 0 Å². The highest BCUT2D eigenvalue weighted by Gasteiger charge is 2.40. The third kappa shape index (κ3) is 1.70. The fourth-order valence-corrected chi connectivity index (χ4v) is 1.95. The van der Waals surface area contributed by atoms with E-state index >= 15 is 0 Å². The number of ketones is 1. The molecule has 1 saturated carbocycles. The van der Waals surface area contributed by atoms with Crippen LogP contribution in [0.1, 0.15) is 40.7 Å². The molecule has 0 aromatic heterocycles. The summed E-state index contributed by atoms with van der Waals surface area (Å²) in [7, 11) is 0. The second-order valence-corrected chi connectivity index (χ2v) is 4.64. The first-order valence-electron chi connectivity index (χ1n) is 5.44. The Hall–Kier alpha value is -1.15. The van der Waals surface area contributed by atoms with Crippen LogP contribution < -0.4 is 5.73 Å². The van der Waals surface area contributed by atoms with Crippen LogP contribution in [0.15, 0.2) is 18.2 Å². The fraction of sp³-hybridized carbons (Fsp3) is 0.462. The molecule has 0 radical (unpaired) electrons. The van der Waals surface area contributed by atoms with Gasteiger partial charge in [0, 0.05) is 5.56 Å². The van der Waals surface area contributed by atoms with E-state index in [1.165, 1.54) is 5.56 Å². The van der Waals surface area contributed by atoms with Gasteiger partial charge in [-0.25, -0.2) is 0 Å². The van der Waals surface area contributed by atoms with Crippen LogP contribution in [0.4, 0.5) is 0 Å². The Morgan fingerprint density at radius 3 is 2.40 bits per heavy atom. The summed E-state index contributed by atoms with van der Waals surface area (Å²) in [5.41, 5.74) is 8.58. The van der Waals surface area contributed by atoms with E-state index < -0.39 is 5.54 Å². The summed E-state index contributed by atoms with van der Waals surface area (Å²) >= 11 is 0. The Morgan fingerprint density at radius 2 is 1.93 bits per heavy atom. The highest BCUT2D eigenvalue weighted by atomic mass is 16.1. The van der Waals surface area contributed by atoms with E-state index in [4.69, 9.17) is 5.73 Å². The second kappa shape index (κ2) is 3.46. The molecule has 2 rings (SSSR count). The van der Waals surface area contributed by atoms with Gasteiger partial charge in [0.15, 0.2) is 5.78 Å². The van der Waals surface area contributed by atoms with Gasteiger partial charge in [0.25, 0.3) is 0 Å². The van der Waals surface area contributed by atoms with E-state index in [-0.39, 0.29) is 5.78 Å². The Balaban J connectivity index is 2.30. The molecule has 2 nitrogen and oxygen atoms in total. The van der Waals surface area contributed by atoms with Crippen molar-refractivity contribution in [2.45, 2.75) is 38.6 Å². The number of carbonyl (C=O) groups excluding carboxylic acids is 1. The molecule has 1 aromatic carbocycles. The summed E-state index contributed by atoms with van der Waals surface area (Å²) < 4.78 is 0. The number of hydrogen-bond acceptors (Lipinski definition) is 2. The van der Waals surface area contributed by atoms with E-state index in [0.717, 1.165) is 30.4 Å². The smallest absolute Gasteiger partial charge is 0.182 e. The Kier molecular flexibility index (Phi) is 2.39. The molecule has 15 heavy (non-hydrogen) atoms. The van der Waals surface area contributed by atoms with Crippen molar-refractivity contribution >= 4 is 5.78 Å². The van der Waals surface area contributed by atoms with E-state index in [2.05, 4.69) is 0 Å². The average molecular weight is 203 g/mol. The maximum atomic E-state index is 12.1. The van der Waals surface area contributed by atoms with Gasteiger partial charge in [-0.1, -0.05) is 12.1 Å². The topological polar surface area (TPSA) is 43.1 Å². The SMILES string of the molecule is Cc1ccc(C(=O)C2(N)CCC2)cc1C. The predicted molar refractivity (Wildman–Crippen MR) is 61.0 cm³/mol.